The Balaban J connectivity index is 1.41. The second-order valence-corrected chi connectivity index (χ2v) is 11.7. The second kappa shape index (κ2) is 11.2. The molecule has 5 rings (SSSR count). The van der Waals surface area contributed by atoms with Gasteiger partial charge in [0, 0.05) is 48.2 Å². The van der Waals surface area contributed by atoms with Crippen LogP contribution in [-0.4, -0.2) is 58.9 Å². The van der Waals surface area contributed by atoms with Gasteiger partial charge in [-0.15, -0.1) is 0 Å². The van der Waals surface area contributed by atoms with Crippen LogP contribution >= 0.6 is 0 Å². The molecule has 3 heterocycles. The Kier molecular flexibility index (Phi) is 8.06. The van der Waals surface area contributed by atoms with E-state index in [0.717, 1.165) is 6.07 Å². The summed E-state index contributed by atoms with van der Waals surface area (Å²) < 4.78 is 61.4. The van der Waals surface area contributed by atoms with Crippen molar-refractivity contribution in [1.82, 2.24) is 15.1 Å². The molecule has 2 N–H and O–H groups in total. The van der Waals surface area contributed by atoms with Crippen molar-refractivity contribution in [1.29, 1.82) is 0 Å². The zero-order valence-electron chi connectivity index (χ0n) is 24.3. The van der Waals surface area contributed by atoms with E-state index in [4.69, 9.17) is 4.74 Å². The molecule has 3 aliphatic rings. The first-order valence-electron chi connectivity index (χ1n) is 14.4. The smallest absolute Gasteiger partial charge is 0.419 e. The third-order valence-electron chi connectivity index (χ3n) is 9.62. The van der Waals surface area contributed by atoms with E-state index in [0.29, 0.717) is 38.0 Å². The first kappa shape index (κ1) is 30.9. The molecule has 3 aliphatic heterocycles. The van der Waals surface area contributed by atoms with Gasteiger partial charge < -0.3 is 14.7 Å². The molecule has 0 spiro atoms. The number of likely N-dealkylation sites (tertiary alicyclic amines) is 1. The van der Waals surface area contributed by atoms with Gasteiger partial charge in [0.2, 0.25) is 11.8 Å². The fourth-order valence-corrected chi connectivity index (χ4v) is 7.09. The molecule has 2 fully saturated rings. The van der Waals surface area contributed by atoms with Crippen LogP contribution in [0.2, 0.25) is 0 Å². The maximum absolute atomic E-state index is 16.3. The molecule has 8 nitrogen and oxygen atoms in total. The number of fused-ring (bicyclic) bond motifs is 1. The Morgan fingerprint density at radius 3 is 2.47 bits per heavy atom. The van der Waals surface area contributed by atoms with Crippen LogP contribution in [0, 0.1) is 11.2 Å². The molecular formula is C31H35F4N3O5. The summed E-state index contributed by atoms with van der Waals surface area (Å²) in [7, 11) is 1.19. The van der Waals surface area contributed by atoms with Crippen LogP contribution < -0.4 is 10.1 Å². The Labute approximate surface area is 247 Å². The summed E-state index contributed by atoms with van der Waals surface area (Å²) >= 11 is 0. The largest absolute Gasteiger partial charge is 0.496 e. The Morgan fingerprint density at radius 2 is 1.84 bits per heavy atom. The number of hydrogen-bond acceptors (Lipinski definition) is 6. The number of imide groups is 1. The van der Waals surface area contributed by atoms with Crippen molar-refractivity contribution in [3.63, 3.8) is 0 Å². The molecule has 0 aromatic heterocycles. The van der Waals surface area contributed by atoms with Crippen molar-refractivity contribution in [3.8, 4) is 5.75 Å². The van der Waals surface area contributed by atoms with E-state index < -0.39 is 52.3 Å². The quantitative estimate of drug-likeness (QED) is 0.356. The van der Waals surface area contributed by atoms with E-state index in [1.807, 2.05) is 18.7 Å². The molecular weight excluding hydrogens is 570 g/mol. The topological polar surface area (TPSA) is 99.2 Å². The molecule has 3 amide bonds. The number of benzene rings is 2. The van der Waals surface area contributed by atoms with Gasteiger partial charge in [-0.1, -0.05) is 26.0 Å². The number of ether oxygens (including phenoxy) is 1. The van der Waals surface area contributed by atoms with Gasteiger partial charge in [0.05, 0.1) is 19.2 Å². The molecule has 0 saturated carbocycles. The number of carbonyl (C=O) groups is 3. The lowest BCUT2D eigenvalue weighted by Gasteiger charge is -2.54. The van der Waals surface area contributed by atoms with E-state index in [9.17, 15) is 32.7 Å². The molecule has 2 atom stereocenters. The minimum absolute atomic E-state index is 0.0787. The van der Waals surface area contributed by atoms with Crippen LogP contribution in [0.3, 0.4) is 0 Å². The summed E-state index contributed by atoms with van der Waals surface area (Å²) in [5.41, 5.74) is -2.30. The SMILES string of the molecule is CCC1(CC)CN(Cc2ccc(C(F)(F)F)c(OC)c2)CCC1(O)c1ccc2c(c1F)CN(C1CCC(=O)NC1=O)C2=O. The minimum atomic E-state index is -4.55. The summed E-state index contributed by atoms with van der Waals surface area (Å²) in [6, 6.07) is 5.85. The van der Waals surface area contributed by atoms with Crippen LogP contribution in [-0.2, 0) is 34.5 Å². The molecule has 12 heteroatoms. The van der Waals surface area contributed by atoms with Crippen molar-refractivity contribution in [2.75, 3.05) is 20.2 Å². The molecule has 2 aromatic carbocycles. The Morgan fingerprint density at radius 1 is 1.12 bits per heavy atom. The number of carbonyl (C=O) groups excluding carboxylic acids is 3. The van der Waals surface area contributed by atoms with Crippen molar-refractivity contribution < 1.29 is 41.8 Å². The van der Waals surface area contributed by atoms with Gasteiger partial charge in [0.15, 0.2) is 0 Å². The van der Waals surface area contributed by atoms with E-state index in [-0.39, 0.29) is 48.2 Å². The number of nitrogens with zero attached hydrogens (tertiary/aromatic N) is 2. The molecule has 2 unspecified atom stereocenters. The maximum atomic E-state index is 16.3. The van der Waals surface area contributed by atoms with Gasteiger partial charge >= 0.3 is 6.18 Å². The average Bonchev–Trinajstić information content (AvgIpc) is 3.30. The van der Waals surface area contributed by atoms with Crippen molar-refractivity contribution in [2.24, 2.45) is 5.41 Å². The number of aliphatic hydroxyl groups is 1. The summed E-state index contributed by atoms with van der Waals surface area (Å²) in [5.74, 6) is -2.46. The number of hydrogen-bond donors (Lipinski definition) is 2. The van der Waals surface area contributed by atoms with Crippen molar-refractivity contribution in [2.45, 2.75) is 76.9 Å². The monoisotopic (exact) mass is 605 g/mol. The highest BCUT2D eigenvalue weighted by atomic mass is 19.4. The number of methoxy groups -OCH3 is 1. The van der Waals surface area contributed by atoms with Gasteiger partial charge in [-0.25, -0.2) is 4.39 Å². The molecule has 0 bridgehead atoms. The van der Waals surface area contributed by atoms with Gasteiger partial charge in [0.1, 0.15) is 23.2 Å². The normalized spacial score (nSPS) is 24.2. The summed E-state index contributed by atoms with van der Waals surface area (Å²) in [6.07, 6.45) is -3.18. The molecule has 0 aliphatic carbocycles. The van der Waals surface area contributed by atoms with Gasteiger partial charge in [-0.2, -0.15) is 13.2 Å². The first-order valence-corrected chi connectivity index (χ1v) is 14.4. The average molecular weight is 606 g/mol. The zero-order chi connectivity index (χ0) is 31.3. The van der Waals surface area contributed by atoms with Crippen LogP contribution in [0.25, 0.3) is 0 Å². The lowest BCUT2D eigenvalue weighted by Crippen LogP contribution is -2.57. The fraction of sp³-hybridized carbons (Fsp3) is 0.516. The van der Waals surface area contributed by atoms with E-state index in [2.05, 4.69) is 5.32 Å². The van der Waals surface area contributed by atoms with E-state index in [1.54, 1.807) is 0 Å². The number of rotatable bonds is 7. The molecule has 232 valence electrons. The highest BCUT2D eigenvalue weighted by Gasteiger charge is 2.54. The number of halogens is 4. The Hall–Kier alpha value is -3.51. The van der Waals surface area contributed by atoms with Crippen LogP contribution in [0.5, 0.6) is 5.75 Å². The van der Waals surface area contributed by atoms with Crippen LogP contribution in [0.15, 0.2) is 30.3 Å². The molecule has 43 heavy (non-hydrogen) atoms. The number of piperidine rings is 2. The van der Waals surface area contributed by atoms with Crippen LogP contribution in [0.4, 0.5) is 17.6 Å². The van der Waals surface area contributed by atoms with Gasteiger partial charge in [-0.05, 0) is 49.4 Å². The summed E-state index contributed by atoms with van der Waals surface area (Å²) in [6.45, 7) is 4.70. The van der Waals surface area contributed by atoms with Crippen LogP contribution in [0.1, 0.15) is 78.6 Å². The lowest BCUT2D eigenvalue weighted by atomic mass is 9.61. The third kappa shape index (κ3) is 5.18. The van der Waals surface area contributed by atoms with Crippen molar-refractivity contribution >= 4 is 17.7 Å². The van der Waals surface area contributed by atoms with Gasteiger partial charge in [-0.3, -0.25) is 24.6 Å². The highest BCUT2D eigenvalue weighted by Crippen LogP contribution is 2.52. The molecule has 0 radical (unpaired) electrons. The minimum Gasteiger partial charge on any atom is -0.496 e. The fourth-order valence-electron chi connectivity index (χ4n) is 7.09. The zero-order valence-corrected chi connectivity index (χ0v) is 24.3. The summed E-state index contributed by atoms with van der Waals surface area (Å²) in [5, 5.41) is 14.5. The number of amides is 3. The maximum Gasteiger partial charge on any atom is 0.419 e. The molecule has 2 aromatic rings. The highest BCUT2D eigenvalue weighted by molar-refractivity contribution is 6.05. The predicted molar refractivity (Wildman–Crippen MR) is 147 cm³/mol. The Bertz CT molecular complexity index is 1460. The van der Waals surface area contributed by atoms with Gasteiger partial charge in [0.25, 0.3) is 5.91 Å². The number of alkyl halides is 3. The molecule has 2 saturated heterocycles. The van der Waals surface area contributed by atoms with E-state index >= 15 is 4.39 Å². The van der Waals surface area contributed by atoms with E-state index in [1.165, 1.54) is 36.3 Å². The van der Waals surface area contributed by atoms with Crippen molar-refractivity contribution in [3.05, 3.63) is 64.0 Å². The summed E-state index contributed by atoms with van der Waals surface area (Å²) in [4.78, 5) is 40.5. The predicted octanol–water partition coefficient (Wildman–Crippen LogP) is 4.51. The lowest BCUT2D eigenvalue weighted by molar-refractivity contribution is -0.150. The number of nitrogens with one attached hydrogen (secondary N) is 1. The third-order valence-corrected chi connectivity index (χ3v) is 9.62. The standard InChI is InChI=1S/C31H35F4N3O5/c1-4-29(5-2)17-37(15-18-6-8-21(31(33,34)35)24(14-18)43-3)13-12-30(29,42)22-9-7-19-20(26(22)32)16-38(28(19)41)23-10-11-25(39)36-27(23)40/h6-9,14,23,42H,4-5,10-13,15-17H2,1-3H3,(H,36,39,40). The second-order valence-electron chi connectivity index (χ2n) is 11.7. The first-order chi connectivity index (χ1) is 20.3.